The molecule has 1 saturated heterocycles. The number of hydrogen-bond acceptors (Lipinski definition) is 5. The lowest BCUT2D eigenvalue weighted by Gasteiger charge is -2.26. The van der Waals surface area contributed by atoms with Gasteiger partial charge in [-0.1, -0.05) is 30.3 Å². The van der Waals surface area contributed by atoms with Crippen LogP contribution >= 0.6 is 0 Å². The number of benzene rings is 2. The van der Waals surface area contributed by atoms with E-state index in [1.54, 1.807) is 23.1 Å². The monoisotopic (exact) mass is 421 g/mol. The second-order valence-electron chi connectivity index (χ2n) is 7.92. The molecular weight excluding hydrogens is 394 g/mol. The number of carbonyl (C=O) groups is 1. The first-order chi connectivity index (χ1) is 15.1. The summed E-state index contributed by atoms with van der Waals surface area (Å²) in [5, 5.41) is 10.7. The highest BCUT2D eigenvalue weighted by atomic mass is 16.5. The van der Waals surface area contributed by atoms with Crippen molar-refractivity contribution >= 4 is 16.8 Å². The van der Waals surface area contributed by atoms with E-state index >= 15 is 0 Å². The highest BCUT2D eigenvalue weighted by molar-refractivity contribution is 5.77. The van der Waals surface area contributed by atoms with Gasteiger partial charge in [0.15, 0.2) is 0 Å². The zero-order valence-corrected chi connectivity index (χ0v) is 17.4. The topological polar surface area (TPSA) is 95.5 Å². The number of aromatic hydroxyl groups is 1. The smallest absolute Gasteiger partial charge is 0.258 e. The highest BCUT2D eigenvalue weighted by Crippen LogP contribution is 2.21. The maximum absolute atomic E-state index is 13.0. The minimum Gasteiger partial charge on any atom is -0.508 e. The summed E-state index contributed by atoms with van der Waals surface area (Å²) in [7, 11) is 0. The van der Waals surface area contributed by atoms with Gasteiger partial charge in [0.05, 0.1) is 17.0 Å². The molecule has 0 saturated carbocycles. The van der Waals surface area contributed by atoms with Crippen LogP contribution in [0.1, 0.15) is 37.1 Å². The fourth-order valence-electron chi connectivity index (χ4n) is 3.96. The molecule has 0 bridgehead atoms. The Balaban J connectivity index is 1.40. The number of rotatable bonds is 8. The molecule has 1 unspecified atom stereocenters. The maximum Gasteiger partial charge on any atom is 0.258 e. The molecule has 1 aliphatic heterocycles. The molecular formula is C24H27N3O4. The number of carbonyl (C=O) groups excluding carboxylic acids is 1. The van der Waals surface area contributed by atoms with Gasteiger partial charge in [-0.2, -0.15) is 0 Å². The van der Waals surface area contributed by atoms with E-state index in [0.717, 1.165) is 25.0 Å². The Bertz CT molecular complexity index is 1110. The summed E-state index contributed by atoms with van der Waals surface area (Å²) in [6.45, 7) is 1.58. The van der Waals surface area contributed by atoms with Crippen LogP contribution in [0.25, 0.3) is 10.9 Å². The van der Waals surface area contributed by atoms with Crippen LogP contribution in [-0.4, -0.2) is 45.1 Å². The van der Waals surface area contributed by atoms with Crippen molar-refractivity contribution in [3.8, 4) is 5.75 Å². The molecule has 2 N–H and O–H groups in total. The van der Waals surface area contributed by atoms with Crippen molar-refractivity contribution in [1.29, 1.82) is 0 Å². The zero-order chi connectivity index (χ0) is 21.6. The Morgan fingerprint density at radius 3 is 2.81 bits per heavy atom. The van der Waals surface area contributed by atoms with Crippen LogP contribution < -0.4 is 5.56 Å². The molecule has 1 aliphatic rings. The first-order valence-corrected chi connectivity index (χ1v) is 10.7. The molecule has 3 aromatic rings. The van der Waals surface area contributed by atoms with Gasteiger partial charge in [0, 0.05) is 38.1 Å². The van der Waals surface area contributed by atoms with Gasteiger partial charge in [-0.25, -0.2) is 4.98 Å². The summed E-state index contributed by atoms with van der Waals surface area (Å²) in [5.41, 5.74) is 1.22. The second kappa shape index (κ2) is 9.75. The number of phenols is 1. The second-order valence-corrected chi connectivity index (χ2v) is 7.92. The van der Waals surface area contributed by atoms with Gasteiger partial charge >= 0.3 is 0 Å². The normalized spacial score (nSPS) is 15.9. The molecule has 1 aromatic heterocycles. The molecule has 162 valence electrons. The van der Waals surface area contributed by atoms with Crippen molar-refractivity contribution in [3.63, 3.8) is 0 Å². The van der Waals surface area contributed by atoms with E-state index in [1.807, 2.05) is 30.3 Å². The maximum atomic E-state index is 13.0. The Morgan fingerprint density at radius 1 is 1.19 bits per heavy atom. The quantitative estimate of drug-likeness (QED) is 0.583. The Kier molecular flexibility index (Phi) is 6.62. The fraction of sp³-hybridized carbons (Fsp3) is 0.375. The molecule has 2 heterocycles. The minimum absolute atomic E-state index is 0.00175. The third-order valence-corrected chi connectivity index (χ3v) is 5.62. The lowest BCUT2D eigenvalue weighted by Crippen LogP contribution is -2.36. The summed E-state index contributed by atoms with van der Waals surface area (Å²) in [6.07, 6.45) is 3.39. The van der Waals surface area contributed by atoms with Gasteiger partial charge in [0.25, 0.3) is 5.56 Å². The summed E-state index contributed by atoms with van der Waals surface area (Å²) < 4.78 is 5.72. The van der Waals surface area contributed by atoms with Crippen LogP contribution in [0, 0.1) is 0 Å². The number of nitrogens with one attached hydrogen (secondary N) is 1. The number of fused-ring (bicyclic) bond motifs is 1. The molecule has 7 nitrogen and oxygen atoms in total. The molecule has 0 radical (unpaired) electrons. The van der Waals surface area contributed by atoms with Gasteiger partial charge < -0.3 is 19.7 Å². The number of nitrogens with zero attached hydrogens (tertiary/aromatic N) is 2. The number of H-pyrrole nitrogens is 1. The lowest BCUT2D eigenvalue weighted by molar-refractivity contribution is -0.133. The largest absolute Gasteiger partial charge is 0.508 e. The predicted octanol–water partition coefficient (Wildman–Crippen LogP) is 3.16. The summed E-state index contributed by atoms with van der Waals surface area (Å²) in [4.78, 5) is 34.3. The zero-order valence-electron chi connectivity index (χ0n) is 17.4. The minimum atomic E-state index is -0.161. The van der Waals surface area contributed by atoms with E-state index < -0.39 is 0 Å². The molecule has 1 atom stereocenters. The van der Waals surface area contributed by atoms with Crippen molar-refractivity contribution in [3.05, 3.63) is 70.3 Å². The number of para-hydroxylation sites is 2. The third-order valence-electron chi connectivity index (χ3n) is 5.62. The summed E-state index contributed by atoms with van der Waals surface area (Å²) in [6, 6.07) is 14.3. The third kappa shape index (κ3) is 5.30. The van der Waals surface area contributed by atoms with Crippen LogP contribution in [0.4, 0.5) is 0 Å². The van der Waals surface area contributed by atoms with Crippen LogP contribution in [0.2, 0.25) is 0 Å². The Labute approximate surface area is 180 Å². The molecule has 0 spiro atoms. The van der Waals surface area contributed by atoms with E-state index in [1.165, 1.54) is 0 Å². The summed E-state index contributed by atoms with van der Waals surface area (Å²) >= 11 is 0. The molecule has 7 heteroatoms. The number of aryl methyl sites for hydroxylation is 1. The standard InChI is InChI=1S/C24H27N3O4/c28-21-11-4-1-7-17(21)15-27(16-18-8-6-14-31-18)23(29)13-5-12-22-25-20-10-3-2-9-19(20)24(30)26-22/h1-4,7,9-11,18,28H,5-6,8,12-16H2,(H,25,26,30). The number of ether oxygens (including phenoxy) is 1. The number of aromatic amines is 1. The first-order valence-electron chi connectivity index (χ1n) is 10.7. The number of hydrogen-bond donors (Lipinski definition) is 2. The predicted molar refractivity (Wildman–Crippen MR) is 118 cm³/mol. The van der Waals surface area contributed by atoms with Gasteiger partial charge in [0.1, 0.15) is 11.6 Å². The van der Waals surface area contributed by atoms with Crippen LogP contribution in [0.5, 0.6) is 5.75 Å². The van der Waals surface area contributed by atoms with Gasteiger partial charge in [0.2, 0.25) is 5.91 Å². The number of aromatic nitrogens is 2. The average molecular weight is 421 g/mol. The molecule has 0 aliphatic carbocycles. The van der Waals surface area contributed by atoms with Crippen molar-refractivity contribution < 1.29 is 14.6 Å². The Morgan fingerprint density at radius 2 is 2.00 bits per heavy atom. The summed E-state index contributed by atoms with van der Waals surface area (Å²) in [5.74, 6) is 0.773. The van der Waals surface area contributed by atoms with Crippen LogP contribution in [0.15, 0.2) is 53.3 Å². The van der Waals surface area contributed by atoms with Crippen LogP contribution in [0.3, 0.4) is 0 Å². The lowest BCUT2D eigenvalue weighted by atomic mass is 10.1. The van der Waals surface area contributed by atoms with E-state index in [2.05, 4.69) is 9.97 Å². The van der Waals surface area contributed by atoms with Crippen molar-refractivity contribution in [2.45, 2.75) is 44.8 Å². The molecule has 31 heavy (non-hydrogen) atoms. The van der Waals surface area contributed by atoms with E-state index in [-0.39, 0.29) is 23.3 Å². The fourth-order valence-corrected chi connectivity index (χ4v) is 3.96. The number of phenolic OH excluding ortho intramolecular Hbond substituents is 1. The van der Waals surface area contributed by atoms with Crippen molar-refractivity contribution in [1.82, 2.24) is 14.9 Å². The van der Waals surface area contributed by atoms with Gasteiger partial charge in [-0.3, -0.25) is 9.59 Å². The van der Waals surface area contributed by atoms with E-state index in [9.17, 15) is 14.7 Å². The van der Waals surface area contributed by atoms with E-state index in [4.69, 9.17) is 4.74 Å². The molecule has 4 rings (SSSR count). The van der Waals surface area contributed by atoms with Crippen LogP contribution in [-0.2, 0) is 22.5 Å². The Hall–Kier alpha value is -3.19. The molecule has 2 aromatic carbocycles. The SMILES string of the molecule is O=C(CCCc1nc2ccccc2c(=O)[nH]1)N(Cc1ccccc1O)CC1CCCO1. The number of amides is 1. The van der Waals surface area contributed by atoms with E-state index in [0.29, 0.717) is 49.1 Å². The van der Waals surface area contributed by atoms with Crippen molar-refractivity contribution in [2.24, 2.45) is 0 Å². The highest BCUT2D eigenvalue weighted by Gasteiger charge is 2.23. The molecule has 1 fully saturated rings. The van der Waals surface area contributed by atoms with Crippen molar-refractivity contribution in [2.75, 3.05) is 13.2 Å². The van der Waals surface area contributed by atoms with Gasteiger partial charge in [-0.05, 0) is 37.5 Å². The molecule has 1 amide bonds. The first kappa shape index (κ1) is 21.1. The van der Waals surface area contributed by atoms with Gasteiger partial charge in [-0.15, -0.1) is 0 Å². The average Bonchev–Trinajstić information content (AvgIpc) is 3.28.